The number of aromatic amines is 1. The molecule has 3 aromatic rings. The van der Waals surface area contributed by atoms with E-state index in [0.717, 1.165) is 23.6 Å². The molecule has 2 heterocycles. The van der Waals surface area contributed by atoms with Crippen LogP contribution < -0.4 is 11.2 Å². The van der Waals surface area contributed by atoms with E-state index in [-0.39, 0.29) is 11.1 Å². The second-order valence-corrected chi connectivity index (χ2v) is 5.32. The second-order valence-electron chi connectivity index (χ2n) is 5.32. The van der Waals surface area contributed by atoms with Crippen LogP contribution in [0.2, 0.25) is 0 Å². The van der Waals surface area contributed by atoms with E-state index in [1.807, 2.05) is 12.1 Å². The summed E-state index contributed by atoms with van der Waals surface area (Å²) in [6.45, 7) is 0. The number of benzene rings is 1. The van der Waals surface area contributed by atoms with Crippen molar-refractivity contribution in [1.29, 1.82) is 0 Å². The molecular weight excluding hydrogens is 294 g/mol. The third-order valence-electron chi connectivity index (χ3n) is 3.68. The predicted molar refractivity (Wildman–Crippen MR) is 87.6 cm³/mol. The Morgan fingerprint density at radius 3 is 2.70 bits per heavy atom. The highest BCUT2D eigenvalue weighted by Gasteiger charge is 2.11. The summed E-state index contributed by atoms with van der Waals surface area (Å²) in [4.78, 5) is 29.9. The van der Waals surface area contributed by atoms with Crippen molar-refractivity contribution in [3.8, 4) is 0 Å². The van der Waals surface area contributed by atoms with E-state index in [9.17, 15) is 9.59 Å². The van der Waals surface area contributed by atoms with Gasteiger partial charge in [-0.1, -0.05) is 6.07 Å². The molecule has 0 saturated heterocycles. The molecule has 6 heteroatoms. The van der Waals surface area contributed by atoms with Crippen LogP contribution in [0.15, 0.2) is 47.5 Å². The third-order valence-corrected chi connectivity index (χ3v) is 3.68. The van der Waals surface area contributed by atoms with Crippen molar-refractivity contribution in [3.05, 3.63) is 69.8 Å². The van der Waals surface area contributed by atoms with Crippen LogP contribution in [0.25, 0.3) is 10.9 Å². The Labute approximate surface area is 131 Å². The Bertz CT molecular complexity index is 933. The molecule has 0 radical (unpaired) electrons. The van der Waals surface area contributed by atoms with E-state index >= 15 is 0 Å². The van der Waals surface area contributed by atoms with Gasteiger partial charge in [0.1, 0.15) is 5.69 Å². The lowest BCUT2D eigenvalue weighted by molar-refractivity contribution is 0.0691. The summed E-state index contributed by atoms with van der Waals surface area (Å²) in [5.74, 6) is -1.19. The van der Waals surface area contributed by atoms with Crippen LogP contribution in [-0.2, 0) is 12.8 Å². The minimum absolute atomic E-state index is 0.169. The molecule has 0 fully saturated rings. The van der Waals surface area contributed by atoms with Gasteiger partial charge in [0.15, 0.2) is 5.43 Å². The van der Waals surface area contributed by atoms with Gasteiger partial charge < -0.3 is 15.8 Å². The first-order valence-corrected chi connectivity index (χ1v) is 7.12. The summed E-state index contributed by atoms with van der Waals surface area (Å²) in [5, 5.41) is 9.41. The minimum atomic E-state index is -1.19. The molecule has 3 rings (SSSR count). The summed E-state index contributed by atoms with van der Waals surface area (Å²) < 4.78 is 0. The molecule has 2 aromatic heterocycles. The van der Waals surface area contributed by atoms with Gasteiger partial charge in [0.05, 0.1) is 11.2 Å². The number of nitrogens with two attached hydrogens (primary N) is 1. The van der Waals surface area contributed by atoms with Crippen LogP contribution >= 0.6 is 0 Å². The lowest BCUT2D eigenvalue weighted by Gasteiger charge is -2.08. The molecular formula is C17H15N3O3. The number of carbonyl (C=O) groups is 1. The molecule has 6 nitrogen and oxygen atoms in total. The largest absolute Gasteiger partial charge is 0.477 e. The number of nitrogens with zero attached hydrogens (tertiary/aromatic N) is 1. The number of aromatic carboxylic acids is 1. The van der Waals surface area contributed by atoms with Gasteiger partial charge in [-0.2, -0.15) is 0 Å². The monoisotopic (exact) mass is 309 g/mol. The van der Waals surface area contributed by atoms with E-state index < -0.39 is 5.97 Å². The fraction of sp³-hybridized carbons (Fsp3) is 0.118. The quantitative estimate of drug-likeness (QED) is 0.638. The number of nitrogens with one attached hydrogen (secondary N) is 1. The van der Waals surface area contributed by atoms with Crippen molar-refractivity contribution in [2.45, 2.75) is 12.8 Å². The number of aromatic nitrogens is 2. The van der Waals surface area contributed by atoms with Crippen LogP contribution in [0.1, 0.15) is 21.6 Å². The summed E-state index contributed by atoms with van der Waals surface area (Å²) in [6.07, 6.45) is 5.02. The maximum atomic E-state index is 12.1. The van der Waals surface area contributed by atoms with Gasteiger partial charge in [-0.15, -0.1) is 0 Å². The van der Waals surface area contributed by atoms with Gasteiger partial charge in [0.2, 0.25) is 0 Å². The molecule has 0 aliphatic rings. The van der Waals surface area contributed by atoms with Crippen molar-refractivity contribution in [3.63, 3.8) is 0 Å². The molecule has 0 aliphatic carbocycles. The smallest absolute Gasteiger partial charge is 0.352 e. The van der Waals surface area contributed by atoms with E-state index in [1.165, 1.54) is 0 Å². The summed E-state index contributed by atoms with van der Waals surface area (Å²) in [5.41, 5.74) is 8.21. The first kappa shape index (κ1) is 14.8. The van der Waals surface area contributed by atoms with Crippen LogP contribution in [0, 0.1) is 0 Å². The molecule has 0 unspecified atom stereocenters. The lowest BCUT2D eigenvalue weighted by Crippen LogP contribution is -2.11. The molecule has 23 heavy (non-hydrogen) atoms. The van der Waals surface area contributed by atoms with Crippen molar-refractivity contribution < 1.29 is 9.90 Å². The SMILES string of the molecule is Nc1cc(CCc2cccnc2)cc2c(=O)cc(C(=O)O)[nH]c12. The van der Waals surface area contributed by atoms with E-state index in [0.29, 0.717) is 23.0 Å². The lowest BCUT2D eigenvalue weighted by atomic mass is 10.0. The average Bonchev–Trinajstić information content (AvgIpc) is 2.54. The topological polar surface area (TPSA) is 109 Å². The van der Waals surface area contributed by atoms with Crippen molar-refractivity contribution in [2.24, 2.45) is 0 Å². The average molecular weight is 309 g/mol. The molecule has 4 N–H and O–H groups in total. The zero-order valence-corrected chi connectivity index (χ0v) is 12.2. The molecule has 116 valence electrons. The number of hydrogen-bond donors (Lipinski definition) is 3. The summed E-state index contributed by atoms with van der Waals surface area (Å²) >= 11 is 0. The number of carboxylic acid groups (broad SMARTS) is 1. The van der Waals surface area contributed by atoms with E-state index in [2.05, 4.69) is 9.97 Å². The van der Waals surface area contributed by atoms with Gasteiger partial charge >= 0.3 is 5.97 Å². The van der Waals surface area contributed by atoms with Crippen LogP contribution in [0.4, 0.5) is 5.69 Å². The number of hydrogen-bond acceptors (Lipinski definition) is 4. The number of anilines is 1. The Morgan fingerprint density at radius 2 is 2.00 bits per heavy atom. The molecule has 0 atom stereocenters. The highest BCUT2D eigenvalue weighted by molar-refractivity contribution is 5.94. The number of rotatable bonds is 4. The predicted octanol–water partition coefficient (Wildman–Crippen LogP) is 1.99. The highest BCUT2D eigenvalue weighted by atomic mass is 16.4. The Kier molecular flexibility index (Phi) is 3.80. The first-order chi connectivity index (χ1) is 11.0. The first-order valence-electron chi connectivity index (χ1n) is 7.12. The fourth-order valence-electron chi connectivity index (χ4n) is 2.53. The number of fused-ring (bicyclic) bond motifs is 1. The van der Waals surface area contributed by atoms with Crippen molar-refractivity contribution >= 4 is 22.6 Å². The molecule has 0 spiro atoms. The van der Waals surface area contributed by atoms with Crippen molar-refractivity contribution in [2.75, 3.05) is 5.73 Å². The zero-order chi connectivity index (χ0) is 16.4. The molecule has 0 bridgehead atoms. The molecule has 0 aliphatic heterocycles. The second kappa shape index (κ2) is 5.92. The number of aryl methyl sites for hydroxylation is 2. The van der Waals surface area contributed by atoms with E-state index in [4.69, 9.17) is 10.8 Å². The van der Waals surface area contributed by atoms with Crippen molar-refractivity contribution in [1.82, 2.24) is 9.97 Å². The fourth-order valence-corrected chi connectivity index (χ4v) is 2.53. The summed E-state index contributed by atoms with van der Waals surface area (Å²) in [6, 6.07) is 8.47. The number of pyridine rings is 2. The standard InChI is InChI=1S/C17H15N3O3/c18-13-7-11(4-3-10-2-1-5-19-9-10)6-12-15(21)8-14(17(22)23)20-16(12)13/h1-2,5-9H,3-4,18H2,(H,20,21)(H,22,23). The zero-order valence-electron chi connectivity index (χ0n) is 12.2. The third kappa shape index (κ3) is 3.06. The van der Waals surface area contributed by atoms with Gasteiger partial charge in [-0.3, -0.25) is 9.78 Å². The summed E-state index contributed by atoms with van der Waals surface area (Å²) in [7, 11) is 0. The maximum Gasteiger partial charge on any atom is 0.352 e. The maximum absolute atomic E-state index is 12.1. The van der Waals surface area contributed by atoms with Gasteiger partial charge in [-0.25, -0.2) is 4.79 Å². The number of carboxylic acids is 1. The Morgan fingerprint density at radius 1 is 1.22 bits per heavy atom. The molecule has 1 aromatic carbocycles. The Balaban J connectivity index is 1.98. The van der Waals surface area contributed by atoms with Gasteiger partial charge in [0.25, 0.3) is 0 Å². The van der Waals surface area contributed by atoms with Gasteiger partial charge in [-0.05, 0) is 42.2 Å². The molecule has 0 saturated carbocycles. The van der Waals surface area contributed by atoms with Crippen LogP contribution in [0.5, 0.6) is 0 Å². The number of H-pyrrole nitrogens is 1. The normalized spacial score (nSPS) is 10.8. The van der Waals surface area contributed by atoms with Crippen LogP contribution in [-0.4, -0.2) is 21.0 Å². The highest BCUT2D eigenvalue weighted by Crippen LogP contribution is 2.20. The Hall–Kier alpha value is -3.15. The van der Waals surface area contributed by atoms with Gasteiger partial charge in [0, 0.05) is 23.8 Å². The van der Waals surface area contributed by atoms with E-state index in [1.54, 1.807) is 24.5 Å². The molecule has 0 amide bonds. The van der Waals surface area contributed by atoms with Crippen LogP contribution in [0.3, 0.4) is 0 Å². The minimum Gasteiger partial charge on any atom is -0.477 e. The number of nitrogen functional groups attached to an aromatic ring is 1.